The number of anilines is 1. The van der Waals surface area contributed by atoms with Crippen molar-refractivity contribution in [2.45, 2.75) is 78.0 Å². The maximum absolute atomic E-state index is 13.7. The van der Waals surface area contributed by atoms with Gasteiger partial charge in [-0.25, -0.2) is 4.39 Å². The summed E-state index contributed by atoms with van der Waals surface area (Å²) in [5, 5.41) is 3.48. The summed E-state index contributed by atoms with van der Waals surface area (Å²) in [6, 6.07) is 6.35. The van der Waals surface area contributed by atoms with Crippen LogP contribution in [-0.2, 0) is 6.54 Å². The van der Waals surface area contributed by atoms with Crippen molar-refractivity contribution >= 4 is 5.69 Å². The molecule has 1 aliphatic heterocycles. The van der Waals surface area contributed by atoms with Gasteiger partial charge in [0.2, 0.25) is 0 Å². The third-order valence-electron chi connectivity index (χ3n) is 4.39. The summed E-state index contributed by atoms with van der Waals surface area (Å²) in [7, 11) is 0. The summed E-state index contributed by atoms with van der Waals surface area (Å²) in [6.45, 7) is 11.6. The number of nitrogens with one attached hydrogen (secondary N) is 1. The Labute approximate surface area is 128 Å². The molecule has 0 spiro atoms. The lowest BCUT2D eigenvalue weighted by Crippen LogP contribution is -2.38. The van der Waals surface area contributed by atoms with Crippen molar-refractivity contribution in [2.24, 2.45) is 0 Å². The molecule has 3 heteroatoms. The van der Waals surface area contributed by atoms with E-state index in [4.69, 9.17) is 0 Å². The molecular weight excluding hydrogens is 263 g/mol. The van der Waals surface area contributed by atoms with Crippen LogP contribution in [0.5, 0.6) is 0 Å². The Morgan fingerprint density at radius 3 is 2.62 bits per heavy atom. The van der Waals surface area contributed by atoms with Crippen LogP contribution >= 0.6 is 0 Å². The fourth-order valence-corrected chi connectivity index (χ4v) is 3.21. The number of benzene rings is 1. The van der Waals surface area contributed by atoms with E-state index in [1.807, 2.05) is 6.07 Å². The fourth-order valence-electron chi connectivity index (χ4n) is 3.21. The summed E-state index contributed by atoms with van der Waals surface area (Å²) < 4.78 is 13.7. The molecule has 2 atom stereocenters. The Morgan fingerprint density at radius 1 is 1.29 bits per heavy atom. The van der Waals surface area contributed by atoms with Gasteiger partial charge in [0.1, 0.15) is 5.82 Å². The summed E-state index contributed by atoms with van der Waals surface area (Å²) in [4.78, 5) is 2.50. The van der Waals surface area contributed by atoms with Crippen molar-refractivity contribution in [1.82, 2.24) is 5.32 Å². The second-order valence-corrected chi connectivity index (χ2v) is 7.27. The predicted molar refractivity (Wildman–Crippen MR) is 88.2 cm³/mol. The van der Waals surface area contributed by atoms with Gasteiger partial charge in [-0.05, 0) is 70.7 Å². The molecule has 2 nitrogen and oxygen atoms in total. The first kappa shape index (κ1) is 16.3. The van der Waals surface area contributed by atoms with Crippen LogP contribution in [0.15, 0.2) is 18.2 Å². The third kappa shape index (κ3) is 3.97. The maximum atomic E-state index is 13.7. The quantitative estimate of drug-likeness (QED) is 0.880. The molecular formula is C18H29FN2. The minimum atomic E-state index is -0.149. The summed E-state index contributed by atoms with van der Waals surface area (Å²) in [5.41, 5.74) is 2.30. The van der Waals surface area contributed by atoms with Crippen LogP contribution in [0.1, 0.15) is 59.4 Å². The number of nitrogens with zero attached hydrogens (tertiary/aromatic N) is 1. The molecule has 1 aliphatic rings. The molecule has 2 rings (SSSR count). The van der Waals surface area contributed by atoms with Crippen molar-refractivity contribution in [3.05, 3.63) is 29.6 Å². The van der Waals surface area contributed by atoms with E-state index in [1.165, 1.54) is 18.5 Å². The van der Waals surface area contributed by atoms with Gasteiger partial charge in [-0.3, -0.25) is 0 Å². The Kier molecular flexibility index (Phi) is 4.92. The molecule has 0 aliphatic carbocycles. The van der Waals surface area contributed by atoms with Gasteiger partial charge >= 0.3 is 0 Å². The van der Waals surface area contributed by atoms with Gasteiger partial charge in [0.15, 0.2) is 0 Å². The summed E-state index contributed by atoms with van der Waals surface area (Å²) in [6.07, 6.45) is 3.61. The van der Waals surface area contributed by atoms with Crippen molar-refractivity contribution < 1.29 is 4.39 Å². The van der Waals surface area contributed by atoms with Crippen molar-refractivity contribution in [3.63, 3.8) is 0 Å². The number of halogens is 1. The standard InChI is InChI=1S/C18H29FN2/c1-6-16-9-7-13(2)21(16)17-10-8-15(19)11-14(17)12-20-18(3,4)5/h8,10-11,13,16,20H,6-7,9,12H2,1-5H3. The maximum Gasteiger partial charge on any atom is 0.123 e. The smallest absolute Gasteiger partial charge is 0.123 e. The topological polar surface area (TPSA) is 15.3 Å². The van der Waals surface area contributed by atoms with Crippen LogP contribution in [0.25, 0.3) is 0 Å². The molecule has 1 aromatic rings. The molecule has 118 valence electrons. The Hall–Kier alpha value is -1.09. The molecule has 0 amide bonds. The molecule has 2 unspecified atom stereocenters. The second kappa shape index (κ2) is 6.35. The van der Waals surface area contributed by atoms with Gasteiger partial charge in [-0.15, -0.1) is 0 Å². The van der Waals surface area contributed by atoms with Crippen LogP contribution in [0.2, 0.25) is 0 Å². The first-order valence-corrected chi connectivity index (χ1v) is 8.13. The van der Waals surface area contributed by atoms with Crippen molar-refractivity contribution in [3.8, 4) is 0 Å². The SMILES string of the molecule is CCC1CCC(C)N1c1ccc(F)cc1CNC(C)(C)C. The average molecular weight is 292 g/mol. The van der Waals surface area contributed by atoms with E-state index in [-0.39, 0.29) is 11.4 Å². The molecule has 0 radical (unpaired) electrons. The lowest BCUT2D eigenvalue weighted by Gasteiger charge is -2.33. The van der Waals surface area contributed by atoms with Gasteiger partial charge in [-0.2, -0.15) is 0 Å². The minimum absolute atomic E-state index is 0.0321. The highest BCUT2D eigenvalue weighted by molar-refractivity contribution is 5.56. The van der Waals surface area contributed by atoms with Crippen LogP contribution < -0.4 is 10.2 Å². The summed E-state index contributed by atoms with van der Waals surface area (Å²) >= 11 is 0. The van der Waals surface area contributed by atoms with E-state index in [1.54, 1.807) is 12.1 Å². The Balaban J connectivity index is 2.29. The van der Waals surface area contributed by atoms with E-state index >= 15 is 0 Å². The van der Waals surface area contributed by atoms with Crippen LogP contribution in [-0.4, -0.2) is 17.6 Å². The minimum Gasteiger partial charge on any atom is -0.366 e. The molecule has 21 heavy (non-hydrogen) atoms. The first-order valence-electron chi connectivity index (χ1n) is 8.13. The van der Waals surface area contributed by atoms with E-state index in [2.05, 4.69) is 44.8 Å². The zero-order valence-corrected chi connectivity index (χ0v) is 14.0. The van der Waals surface area contributed by atoms with Gasteiger partial charge in [0, 0.05) is 29.9 Å². The largest absolute Gasteiger partial charge is 0.366 e. The molecule has 1 N–H and O–H groups in total. The zero-order valence-electron chi connectivity index (χ0n) is 14.0. The highest BCUT2D eigenvalue weighted by Gasteiger charge is 2.30. The third-order valence-corrected chi connectivity index (χ3v) is 4.39. The summed E-state index contributed by atoms with van der Waals surface area (Å²) in [5.74, 6) is -0.149. The molecule has 0 bridgehead atoms. The monoisotopic (exact) mass is 292 g/mol. The van der Waals surface area contributed by atoms with Gasteiger partial charge < -0.3 is 10.2 Å². The fraction of sp³-hybridized carbons (Fsp3) is 0.667. The lowest BCUT2D eigenvalue weighted by molar-refractivity contribution is 0.423. The Morgan fingerprint density at radius 2 is 2.00 bits per heavy atom. The highest BCUT2D eigenvalue weighted by Crippen LogP contribution is 2.34. The lowest BCUT2D eigenvalue weighted by atomic mass is 10.1. The number of hydrogen-bond donors (Lipinski definition) is 1. The molecule has 1 fully saturated rings. The Bertz CT molecular complexity index is 479. The van der Waals surface area contributed by atoms with Gasteiger partial charge in [-0.1, -0.05) is 6.92 Å². The van der Waals surface area contributed by atoms with E-state index in [9.17, 15) is 4.39 Å². The van der Waals surface area contributed by atoms with E-state index in [0.29, 0.717) is 18.6 Å². The van der Waals surface area contributed by atoms with Crippen molar-refractivity contribution in [2.75, 3.05) is 4.90 Å². The van der Waals surface area contributed by atoms with E-state index in [0.717, 1.165) is 12.0 Å². The molecule has 0 aromatic heterocycles. The second-order valence-electron chi connectivity index (χ2n) is 7.27. The van der Waals surface area contributed by atoms with E-state index < -0.39 is 0 Å². The van der Waals surface area contributed by atoms with Gasteiger partial charge in [0.05, 0.1) is 0 Å². The molecule has 0 saturated carbocycles. The molecule has 1 saturated heterocycles. The molecule has 1 heterocycles. The zero-order chi connectivity index (χ0) is 15.6. The normalized spacial score (nSPS) is 22.9. The predicted octanol–water partition coefficient (Wildman–Crippen LogP) is 4.48. The highest BCUT2D eigenvalue weighted by atomic mass is 19.1. The average Bonchev–Trinajstić information content (AvgIpc) is 2.77. The van der Waals surface area contributed by atoms with Crippen LogP contribution in [0.4, 0.5) is 10.1 Å². The molecule has 1 aromatic carbocycles. The van der Waals surface area contributed by atoms with Gasteiger partial charge in [0.25, 0.3) is 0 Å². The van der Waals surface area contributed by atoms with Crippen LogP contribution in [0.3, 0.4) is 0 Å². The van der Waals surface area contributed by atoms with Crippen molar-refractivity contribution in [1.29, 1.82) is 0 Å². The number of hydrogen-bond acceptors (Lipinski definition) is 2. The number of rotatable bonds is 4. The van der Waals surface area contributed by atoms with Crippen LogP contribution in [0, 0.1) is 5.82 Å². The first-order chi connectivity index (χ1) is 9.81.